The molecule has 102 valence electrons. The minimum atomic E-state index is -0.563. The van der Waals surface area contributed by atoms with E-state index in [2.05, 4.69) is 10.1 Å². The van der Waals surface area contributed by atoms with E-state index in [9.17, 15) is 13.6 Å². The van der Waals surface area contributed by atoms with E-state index in [0.717, 1.165) is 18.2 Å². The van der Waals surface area contributed by atoms with Crippen molar-refractivity contribution in [3.05, 3.63) is 57.6 Å². The molecule has 0 fully saturated rings. The molecule has 0 unspecified atom stereocenters. The molecule has 0 atom stereocenters. The number of aromatic nitrogens is 3. The van der Waals surface area contributed by atoms with Crippen molar-refractivity contribution in [2.75, 3.05) is 0 Å². The van der Waals surface area contributed by atoms with E-state index >= 15 is 0 Å². The number of benzene rings is 1. The Labute approximate surface area is 112 Å². The SMILES string of the molecule is Cc1cc(=O)n2[nH]c(C)c(-c3cc(F)ccc3F)c2n1. The molecule has 3 aromatic rings. The molecule has 0 bridgehead atoms. The van der Waals surface area contributed by atoms with Gasteiger partial charge in [0.2, 0.25) is 0 Å². The number of hydrogen-bond donors (Lipinski definition) is 1. The number of fused-ring (bicyclic) bond motifs is 1. The van der Waals surface area contributed by atoms with Crippen LogP contribution in [0, 0.1) is 25.5 Å². The molecule has 1 aromatic carbocycles. The normalized spacial score (nSPS) is 11.2. The highest BCUT2D eigenvalue weighted by molar-refractivity contribution is 5.80. The van der Waals surface area contributed by atoms with Gasteiger partial charge in [-0.05, 0) is 32.0 Å². The predicted octanol–water partition coefficient (Wildman–Crippen LogP) is 2.58. The van der Waals surface area contributed by atoms with Gasteiger partial charge in [-0.1, -0.05) is 0 Å². The summed E-state index contributed by atoms with van der Waals surface area (Å²) in [6.45, 7) is 3.36. The second kappa shape index (κ2) is 4.26. The molecule has 0 aliphatic rings. The zero-order chi connectivity index (χ0) is 14.4. The minimum Gasteiger partial charge on any atom is -0.293 e. The molecule has 3 rings (SSSR count). The van der Waals surface area contributed by atoms with Gasteiger partial charge in [0.05, 0.1) is 5.56 Å². The second-order valence-electron chi connectivity index (χ2n) is 4.63. The third kappa shape index (κ3) is 1.80. The maximum atomic E-state index is 13.9. The number of hydrogen-bond acceptors (Lipinski definition) is 2. The Balaban J connectivity index is 2.45. The highest BCUT2D eigenvalue weighted by atomic mass is 19.1. The van der Waals surface area contributed by atoms with Crippen molar-refractivity contribution in [2.24, 2.45) is 0 Å². The smallest absolute Gasteiger partial charge is 0.272 e. The molecule has 6 heteroatoms. The van der Waals surface area contributed by atoms with E-state index in [1.54, 1.807) is 13.8 Å². The maximum Gasteiger partial charge on any atom is 0.272 e. The summed E-state index contributed by atoms with van der Waals surface area (Å²) in [4.78, 5) is 16.1. The number of aryl methyl sites for hydroxylation is 2. The minimum absolute atomic E-state index is 0.0822. The molecule has 2 aromatic heterocycles. The van der Waals surface area contributed by atoms with Crippen LogP contribution in [0.25, 0.3) is 16.8 Å². The van der Waals surface area contributed by atoms with Crippen molar-refractivity contribution in [3.8, 4) is 11.1 Å². The zero-order valence-corrected chi connectivity index (χ0v) is 10.9. The molecule has 0 amide bonds. The van der Waals surface area contributed by atoms with Crippen LogP contribution in [0.1, 0.15) is 11.4 Å². The topological polar surface area (TPSA) is 50.2 Å². The first-order valence-electron chi connectivity index (χ1n) is 6.02. The van der Waals surface area contributed by atoms with Crippen LogP contribution < -0.4 is 5.56 Å². The van der Waals surface area contributed by atoms with Crippen LogP contribution in [0.2, 0.25) is 0 Å². The van der Waals surface area contributed by atoms with Gasteiger partial charge in [-0.25, -0.2) is 18.3 Å². The van der Waals surface area contributed by atoms with Gasteiger partial charge in [-0.15, -0.1) is 0 Å². The number of aromatic amines is 1. The standard InChI is InChI=1S/C14H11F2N3O/c1-7-5-12(20)19-14(17-7)13(8(2)18-19)10-6-9(15)3-4-11(10)16/h3-6,18H,1-2H3. The monoisotopic (exact) mass is 275 g/mol. The van der Waals surface area contributed by atoms with E-state index in [-0.39, 0.29) is 16.8 Å². The molecule has 2 heterocycles. The third-order valence-corrected chi connectivity index (χ3v) is 3.12. The molecule has 20 heavy (non-hydrogen) atoms. The summed E-state index contributed by atoms with van der Waals surface area (Å²) in [5.41, 5.74) is 1.54. The predicted molar refractivity (Wildman–Crippen MR) is 70.6 cm³/mol. The van der Waals surface area contributed by atoms with Crippen molar-refractivity contribution in [1.29, 1.82) is 0 Å². The molecular weight excluding hydrogens is 264 g/mol. The Hall–Kier alpha value is -2.50. The van der Waals surface area contributed by atoms with Crippen LogP contribution in [0.3, 0.4) is 0 Å². The van der Waals surface area contributed by atoms with Gasteiger partial charge in [0.1, 0.15) is 11.6 Å². The van der Waals surface area contributed by atoms with E-state index in [1.165, 1.54) is 10.6 Å². The summed E-state index contributed by atoms with van der Waals surface area (Å²) in [6.07, 6.45) is 0. The lowest BCUT2D eigenvalue weighted by Crippen LogP contribution is -2.14. The lowest BCUT2D eigenvalue weighted by Gasteiger charge is -2.03. The van der Waals surface area contributed by atoms with Gasteiger partial charge >= 0.3 is 0 Å². The van der Waals surface area contributed by atoms with E-state index in [1.807, 2.05) is 0 Å². The second-order valence-corrected chi connectivity index (χ2v) is 4.63. The Morgan fingerprint density at radius 1 is 1.20 bits per heavy atom. The summed E-state index contributed by atoms with van der Waals surface area (Å²) in [5, 5.41) is 2.82. The fourth-order valence-electron chi connectivity index (χ4n) is 2.28. The Morgan fingerprint density at radius 2 is 1.95 bits per heavy atom. The van der Waals surface area contributed by atoms with Gasteiger partial charge in [0.25, 0.3) is 5.56 Å². The molecule has 0 aliphatic heterocycles. The molecular formula is C14H11F2N3O. The molecule has 0 aliphatic carbocycles. The quantitative estimate of drug-likeness (QED) is 0.742. The van der Waals surface area contributed by atoms with Crippen LogP contribution in [-0.2, 0) is 0 Å². The first-order valence-corrected chi connectivity index (χ1v) is 6.02. The number of halogens is 2. The highest BCUT2D eigenvalue weighted by Gasteiger charge is 2.17. The third-order valence-electron chi connectivity index (χ3n) is 3.12. The fraction of sp³-hybridized carbons (Fsp3) is 0.143. The van der Waals surface area contributed by atoms with E-state index < -0.39 is 11.6 Å². The number of rotatable bonds is 1. The molecule has 4 nitrogen and oxygen atoms in total. The van der Waals surface area contributed by atoms with Gasteiger partial charge in [0.15, 0.2) is 5.65 Å². The summed E-state index contributed by atoms with van der Waals surface area (Å²) in [6, 6.07) is 4.57. The zero-order valence-electron chi connectivity index (χ0n) is 10.9. The highest BCUT2D eigenvalue weighted by Crippen LogP contribution is 2.29. The number of H-pyrrole nitrogens is 1. The summed E-state index contributed by atoms with van der Waals surface area (Å²) in [5.74, 6) is -1.11. The largest absolute Gasteiger partial charge is 0.293 e. The van der Waals surface area contributed by atoms with Crippen LogP contribution >= 0.6 is 0 Å². The Kier molecular flexibility index (Phi) is 2.67. The van der Waals surface area contributed by atoms with Gasteiger partial charge < -0.3 is 0 Å². The van der Waals surface area contributed by atoms with E-state index in [0.29, 0.717) is 17.0 Å². The van der Waals surface area contributed by atoms with Crippen LogP contribution in [0.15, 0.2) is 29.1 Å². The number of nitrogens with one attached hydrogen (secondary N) is 1. The molecule has 0 saturated heterocycles. The average molecular weight is 275 g/mol. The van der Waals surface area contributed by atoms with Gasteiger partial charge in [-0.3, -0.25) is 9.89 Å². The van der Waals surface area contributed by atoms with Gasteiger partial charge in [0, 0.05) is 23.0 Å². The van der Waals surface area contributed by atoms with Gasteiger partial charge in [-0.2, -0.15) is 0 Å². The molecule has 0 spiro atoms. The first kappa shape index (κ1) is 12.5. The van der Waals surface area contributed by atoms with Crippen LogP contribution in [-0.4, -0.2) is 14.6 Å². The van der Waals surface area contributed by atoms with Crippen molar-refractivity contribution >= 4 is 5.65 Å². The molecule has 1 N–H and O–H groups in total. The van der Waals surface area contributed by atoms with Crippen molar-refractivity contribution in [1.82, 2.24) is 14.6 Å². The van der Waals surface area contributed by atoms with E-state index in [4.69, 9.17) is 0 Å². The lowest BCUT2D eigenvalue weighted by molar-refractivity contribution is 0.603. The summed E-state index contributed by atoms with van der Waals surface area (Å²) < 4.78 is 28.5. The Bertz CT molecular complexity index is 880. The lowest BCUT2D eigenvalue weighted by atomic mass is 10.1. The van der Waals surface area contributed by atoms with Crippen molar-refractivity contribution in [3.63, 3.8) is 0 Å². The van der Waals surface area contributed by atoms with Crippen molar-refractivity contribution < 1.29 is 8.78 Å². The fourth-order valence-corrected chi connectivity index (χ4v) is 2.28. The molecule has 0 saturated carbocycles. The van der Waals surface area contributed by atoms with Crippen LogP contribution in [0.4, 0.5) is 8.78 Å². The first-order chi connectivity index (χ1) is 9.47. The maximum absolute atomic E-state index is 13.9. The average Bonchev–Trinajstić information content (AvgIpc) is 2.69. The summed E-state index contributed by atoms with van der Waals surface area (Å²) >= 11 is 0. The van der Waals surface area contributed by atoms with Crippen molar-refractivity contribution in [2.45, 2.75) is 13.8 Å². The summed E-state index contributed by atoms with van der Waals surface area (Å²) in [7, 11) is 0. The molecule has 0 radical (unpaired) electrons. The Morgan fingerprint density at radius 3 is 2.70 bits per heavy atom. The number of nitrogens with zero attached hydrogens (tertiary/aromatic N) is 2. The van der Waals surface area contributed by atoms with Crippen LogP contribution in [0.5, 0.6) is 0 Å².